The van der Waals surface area contributed by atoms with Gasteiger partial charge in [-0.2, -0.15) is 0 Å². The lowest BCUT2D eigenvalue weighted by atomic mass is 10.2. The highest BCUT2D eigenvalue weighted by Gasteiger charge is 2.31. The van der Waals surface area contributed by atoms with Crippen molar-refractivity contribution in [2.24, 2.45) is 0 Å². The zero-order valence-electron chi connectivity index (χ0n) is 12.0. The van der Waals surface area contributed by atoms with E-state index in [-0.39, 0.29) is 18.2 Å². The molecule has 1 unspecified atom stereocenters. The minimum atomic E-state index is -4.73. The van der Waals surface area contributed by atoms with E-state index in [2.05, 4.69) is 10.1 Å². The van der Waals surface area contributed by atoms with E-state index in [4.69, 9.17) is 4.74 Å². The molecule has 1 fully saturated rings. The Morgan fingerprint density at radius 1 is 1.50 bits per heavy atom. The van der Waals surface area contributed by atoms with Crippen LogP contribution in [-0.2, 0) is 16.1 Å². The average molecular weight is 318 g/mol. The standard InChI is InChI=1S/C14H17F3N2O3/c1-19(13(20)12-8-18-5-6-21-12)9-10-3-2-4-11(7-10)22-14(15,16)17/h2-4,7,12,18H,5-6,8-9H2,1H3. The number of nitrogens with one attached hydrogen (secondary N) is 1. The molecule has 22 heavy (non-hydrogen) atoms. The van der Waals surface area contributed by atoms with Crippen molar-refractivity contribution in [3.63, 3.8) is 0 Å². The second-order valence-corrected chi connectivity index (χ2v) is 4.95. The Kier molecular flexibility index (Phi) is 5.25. The van der Waals surface area contributed by atoms with E-state index in [0.29, 0.717) is 25.3 Å². The van der Waals surface area contributed by atoms with E-state index in [9.17, 15) is 18.0 Å². The lowest BCUT2D eigenvalue weighted by Gasteiger charge is -2.27. The van der Waals surface area contributed by atoms with E-state index in [1.807, 2.05) is 0 Å². The van der Waals surface area contributed by atoms with Crippen LogP contribution in [0.15, 0.2) is 24.3 Å². The molecule has 122 valence electrons. The number of nitrogens with zero attached hydrogens (tertiary/aromatic N) is 1. The van der Waals surface area contributed by atoms with Gasteiger partial charge in [-0.3, -0.25) is 4.79 Å². The molecule has 1 saturated heterocycles. The third-order valence-electron chi connectivity index (χ3n) is 3.13. The molecule has 0 bridgehead atoms. The van der Waals surface area contributed by atoms with E-state index in [1.165, 1.54) is 23.1 Å². The lowest BCUT2D eigenvalue weighted by Crippen LogP contribution is -2.48. The minimum absolute atomic E-state index is 0.174. The number of morpholine rings is 1. The fourth-order valence-corrected chi connectivity index (χ4v) is 2.16. The Balaban J connectivity index is 1.97. The summed E-state index contributed by atoms with van der Waals surface area (Å²) in [7, 11) is 1.58. The first-order valence-electron chi connectivity index (χ1n) is 6.77. The molecule has 0 aliphatic carbocycles. The number of hydrogen-bond donors (Lipinski definition) is 1. The Morgan fingerprint density at radius 3 is 2.91 bits per heavy atom. The second-order valence-electron chi connectivity index (χ2n) is 4.95. The largest absolute Gasteiger partial charge is 0.573 e. The molecule has 1 heterocycles. The highest BCUT2D eigenvalue weighted by atomic mass is 19.4. The first kappa shape index (κ1) is 16.6. The summed E-state index contributed by atoms with van der Waals surface area (Å²) in [5.41, 5.74) is 0.543. The summed E-state index contributed by atoms with van der Waals surface area (Å²) in [6, 6.07) is 5.56. The van der Waals surface area contributed by atoms with Crippen LogP contribution in [0.4, 0.5) is 13.2 Å². The average Bonchev–Trinajstić information content (AvgIpc) is 2.46. The SMILES string of the molecule is CN(Cc1cccc(OC(F)(F)F)c1)C(=O)C1CNCCO1. The maximum Gasteiger partial charge on any atom is 0.573 e. The van der Waals surface area contributed by atoms with Crippen LogP contribution in [0.1, 0.15) is 5.56 Å². The van der Waals surface area contributed by atoms with Crippen molar-refractivity contribution >= 4 is 5.91 Å². The molecule has 5 nitrogen and oxygen atoms in total. The summed E-state index contributed by atoms with van der Waals surface area (Å²) in [6.07, 6.45) is -5.30. The van der Waals surface area contributed by atoms with Gasteiger partial charge in [0.2, 0.25) is 0 Å². The third kappa shape index (κ3) is 4.88. The number of benzene rings is 1. The molecule has 1 N–H and O–H groups in total. The van der Waals surface area contributed by atoms with E-state index < -0.39 is 12.5 Å². The van der Waals surface area contributed by atoms with Crippen LogP contribution < -0.4 is 10.1 Å². The summed E-state index contributed by atoms with van der Waals surface area (Å²) < 4.78 is 45.8. The van der Waals surface area contributed by atoms with Gasteiger partial charge in [0, 0.05) is 26.7 Å². The van der Waals surface area contributed by atoms with E-state index >= 15 is 0 Å². The molecule has 1 aliphatic rings. The minimum Gasteiger partial charge on any atom is -0.406 e. The number of likely N-dealkylation sites (N-methyl/N-ethyl adjacent to an activating group) is 1. The molecule has 2 rings (SSSR count). The number of carbonyl (C=O) groups is 1. The molecule has 1 aromatic carbocycles. The van der Waals surface area contributed by atoms with E-state index in [1.54, 1.807) is 13.1 Å². The molecule has 0 saturated carbocycles. The maximum absolute atomic E-state index is 12.2. The molecule has 1 aliphatic heterocycles. The maximum atomic E-state index is 12.2. The highest BCUT2D eigenvalue weighted by molar-refractivity contribution is 5.81. The van der Waals surface area contributed by atoms with Crippen molar-refractivity contribution in [3.8, 4) is 5.75 Å². The second kappa shape index (κ2) is 6.97. The van der Waals surface area contributed by atoms with Gasteiger partial charge in [-0.15, -0.1) is 13.2 Å². The quantitative estimate of drug-likeness (QED) is 0.915. The monoisotopic (exact) mass is 318 g/mol. The van der Waals surface area contributed by atoms with Gasteiger partial charge in [0.05, 0.1) is 6.61 Å². The fourth-order valence-electron chi connectivity index (χ4n) is 2.16. The zero-order valence-corrected chi connectivity index (χ0v) is 12.0. The van der Waals surface area contributed by atoms with Crippen LogP contribution in [0.3, 0.4) is 0 Å². The summed E-state index contributed by atoms with van der Waals surface area (Å²) in [6.45, 7) is 1.76. The fraction of sp³-hybridized carbons (Fsp3) is 0.500. The molecule has 1 aromatic rings. The number of amides is 1. The van der Waals surface area contributed by atoms with Crippen molar-refractivity contribution in [1.82, 2.24) is 10.2 Å². The van der Waals surface area contributed by atoms with Crippen LogP contribution >= 0.6 is 0 Å². The first-order valence-corrected chi connectivity index (χ1v) is 6.77. The van der Waals surface area contributed by atoms with Crippen molar-refractivity contribution in [3.05, 3.63) is 29.8 Å². The number of ether oxygens (including phenoxy) is 2. The molecule has 8 heteroatoms. The van der Waals surface area contributed by atoms with Crippen molar-refractivity contribution in [2.75, 3.05) is 26.7 Å². The molecular formula is C14H17F3N2O3. The van der Waals surface area contributed by atoms with Gasteiger partial charge in [-0.1, -0.05) is 12.1 Å². The topological polar surface area (TPSA) is 50.8 Å². The Morgan fingerprint density at radius 2 is 2.27 bits per heavy atom. The van der Waals surface area contributed by atoms with Crippen molar-refractivity contribution < 1.29 is 27.4 Å². The van der Waals surface area contributed by atoms with Gasteiger partial charge in [0.15, 0.2) is 0 Å². The summed E-state index contributed by atoms with van der Waals surface area (Å²) >= 11 is 0. The summed E-state index contributed by atoms with van der Waals surface area (Å²) in [5, 5.41) is 3.05. The Bertz CT molecular complexity index is 516. The highest BCUT2D eigenvalue weighted by Crippen LogP contribution is 2.23. The summed E-state index contributed by atoms with van der Waals surface area (Å²) in [4.78, 5) is 13.6. The molecule has 1 atom stereocenters. The number of hydrogen-bond acceptors (Lipinski definition) is 4. The van der Waals surface area contributed by atoms with Crippen LogP contribution in [0, 0.1) is 0 Å². The van der Waals surface area contributed by atoms with Crippen molar-refractivity contribution in [2.45, 2.75) is 19.0 Å². The Labute approximate surface area is 126 Å². The first-order chi connectivity index (χ1) is 10.3. The predicted molar refractivity (Wildman–Crippen MR) is 72.2 cm³/mol. The van der Waals surface area contributed by atoms with Gasteiger partial charge in [0.25, 0.3) is 5.91 Å². The summed E-state index contributed by atoms with van der Waals surface area (Å²) in [5.74, 6) is -0.518. The molecule has 0 radical (unpaired) electrons. The number of alkyl halides is 3. The van der Waals surface area contributed by atoms with Gasteiger partial charge in [-0.05, 0) is 17.7 Å². The Hall–Kier alpha value is -1.80. The van der Waals surface area contributed by atoms with Crippen LogP contribution in [0.5, 0.6) is 5.75 Å². The molecule has 0 aromatic heterocycles. The lowest BCUT2D eigenvalue weighted by molar-refractivity contribution is -0.274. The normalized spacial score (nSPS) is 18.8. The predicted octanol–water partition coefficient (Wildman–Crippen LogP) is 1.53. The number of halogens is 3. The van der Waals surface area contributed by atoms with Gasteiger partial charge < -0.3 is 19.7 Å². The van der Waals surface area contributed by atoms with Crippen LogP contribution in [0.2, 0.25) is 0 Å². The molecular weight excluding hydrogens is 301 g/mol. The van der Waals surface area contributed by atoms with Gasteiger partial charge in [-0.25, -0.2) is 0 Å². The molecule has 0 spiro atoms. The van der Waals surface area contributed by atoms with Gasteiger partial charge in [0.1, 0.15) is 11.9 Å². The smallest absolute Gasteiger partial charge is 0.406 e. The number of carbonyl (C=O) groups excluding carboxylic acids is 1. The number of rotatable bonds is 4. The van der Waals surface area contributed by atoms with E-state index in [0.717, 1.165) is 0 Å². The molecule has 1 amide bonds. The van der Waals surface area contributed by atoms with Crippen LogP contribution in [0.25, 0.3) is 0 Å². The van der Waals surface area contributed by atoms with Crippen molar-refractivity contribution in [1.29, 1.82) is 0 Å². The van der Waals surface area contributed by atoms with Gasteiger partial charge >= 0.3 is 6.36 Å². The third-order valence-corrected chi connectivity index (χ3v) is 3.13. The zero-order chi connectivity index (χ0) is 16.2. The van der Waals surface area contributed by atoms with Crippen LogP contribution in [-0.4, -0.2) is 50.0 Å².